The molecule has 2 saturated carbocycles. The minimum Gasteiger partial charge on any atom is -0.334 e. The number of nitrogens with one attached hydrogen (secondary N) is 1. The molecule has 4 rings (SSSR count). The maximum Gasteiger partial charge on any atom is 0.313 e. The van der Waals surface area contributed by atoms with Crippen molar-refractivity contribution in [2.24, 2.45) is 23.7 Å². The maximum atomic E-state index is 13.9. The molecular formula is C18H21FN2O3S. The Kier molecular flexibility index (Phi) is 4.14. The fourth-order valence-corrected chi connectivity index (χ4v) is 5.58. The Balaban J connectivity index is 1.41. The molecule has 1 aromatic carbocycles. The number of amides is 2. The molecule has 5 unspecified atom stereocenters. The van der Waals surface area contributed by atoms with E-state index in [1.807, 2.05) is 0 Å². The van der Waals surface area contributed by atoms with Crippen molar-refractivity contribution in [3.05, 3.63) is 24.0 Å². The Morgan fingerprint density at radius 3 is 2.40 bits per heavy atom. The van der Waals surface area contributed by atoms with Crippen LogP contribution in [0.15, 0.2) is 23.1 Å². The molecule has 1 N–H and O–H groups in total. The van der Waals surface area contributed by atoms with Gasteiger partial charge >= 0.3 is 11.8 Å². The van der Waals surface area contributed by atoms with Crippen LogP contribution in [0.4, 0.5) is 10.1 Å². The van der Waals surface area contributed by atoms with Crippen LogP contribution < -0.4 is 5.32 Å². The third-order valence-corrected chi connectivity index (χ3v) is 7.07. The first-order chi connectivity index (χ1) is 11.9. The summed E-state index contributed by atoms with van der Waals surface area (Å²) in [5.74, 6) is 0.589. The quantitative estimate of drug-likeness (QED) is 0.817. The number of carbonyl (C=O) groups excluding carboxylic acids is 2. The number of nitrogens with zero attached hydrogens (tertiary/aromatic N) is 1. The standard InChI is InChI=1S/C18H21FN2O3S/c1-25(24)16-5-4-12(7-15(16)19)20-17(22)18(23)21-8-13-10-2-3-11(6-10)14(13)9-21/h4-5,7,10-11,13-14H,2-3,6,8-9H2,1H3,(H,20,22). The second-order valence-corrected chi connectivity index (χ2v) is 8.77. The zero-order valence-electron chi connectivity index (χ0n) is 14.0. The highest BCUT2D eigenvalue weighted by Crippen LogP contribution is 2.55. The molecule has 3 aliphatic rings. The summed E-state index contributed by atoms with van der Waals surface area (Å²) in [6.45, 7) is 1.33. The van der Waals surface area contributed by atoms with Gasteiger partial charge in [-0.05, 0) is 61.1 Å². The topological polar surface area (TPSA) is 66.5 Å². The molecule has 5 nitrogen and oxygen atoms in total. The number of fused-ring (bicyclic) bond motifs is 5. The van der Waals surface area contributed by atoms with Crippen LogP contribution in [0.2, 0.25) is 0 Å². The van der Waals surface area contributed by atoms with Crippen molar-refractivity contribution in [1.29, 1.82) is 0 Å². The summed E-state index contributed by atoms with van der Waals surface area (Å²) in [4.78, 5) is 26.4. The van der Waals surface area contributed by atoms with Gasteiger partial charge in [-0.25, -0.2) is 4.39 Å². The molecule has 3 fully saturated rings. The van der Waals surface area contributed by atoms with Gasteiger partial charge in [-0.2, -0.15) is 0 Å². The molecular weight excluding hydrogens is 343 g/mol. The van der Waals surface area contributed by atoms with Crippen molar-refractivity contribution in [3.63, 3.8) is 0 Å². The second kappa shape index (κ2) is 6.20. The van der Waals surface area contributed by atoms with Gasteiger partial charge in [0.1, 0.15) is 5.82 Å². The molecule has 1 heterocycles. The number of hydrogen-bond donors (Lipinski definition) is 1. The molecule has 1 aliphatic heterocycles. The van der Waals surface area contributed by atoms with Gasteiger partial charge in [0.05, 0.1) is 15.7 Å². The fourth-order valence-electron chi connectivity index (χ4n) is 4.99. The number of hydrogen-bond acceptors (Lipinski definition) is 3. The Bertz CT molecular complexity index is 751. The molecule has 1 aromatic rings. The Morgan fingerprint density at radius 1 is 1.20 bits per heavy atom. The highest BCUT2D eigenvalue weighted by Gasteiger charge is 2.52. The van der Waals surface area contributed by atoms with Crippen molar-refractivity contribution < 1.29 is 18.2 Å². The van der Waals surface area contributed by atoms with Crippen LogP contribution in [-0.2, 0) is 20.4 Å². The first-order valence-corrected chi connectivity index (χ1v) is 10.2. The molecule has 0 radical (unpaired) electrons. The number of carbonyl (C=O) groups is 2. The van der Waals surface area contributed by atoms with E-state index < -0.39 is 28.4 Å². The first kappa shape index (κ1) is 16.7. The van der Waals surface area contributed by atoms with E-state index in [0.29, 0.717) is 36.8 Å². The molecule has 1 saturated heterocycles. The van der Waals surface area contributed by atoms with E-state index in [-0.39, 0.29) is 10.6 Å². The molecule has 7 heteroatoms. The van der Waals surface area contributed by atoms with Crippen molar-refractivity contribution in [2.75, 3.05) is 24.7 Å². The van der Waals surface area contributed by atoms with Gasteiger partial charge in [0.2, 0.25) is 0 Å². The summed E-state index contributed by atoms with van der Waals surface area (Å²) < 4.78 is 25.2. The van der Waals surface area contributed by atoms with E-state index in [9.17, 15) is 18.2 Å². The number of halogens is 1. The average Bonchev–Trinajstić information content (AvgIpc) is 3.26. The third-order valence-electron chi connectivity index (χ3n) is 6.12. The van der Waals surface area contributed by atoms with E-state index in [0.717, 1.165) is 6.07 Å². The van der Waals surface area contributed by atoms with E-state index in [4.69, 9.17) is 0 Å². The van der Waals surface area contributed by atoms with Crippen molar-refractivity contribution in [3.8, 4) is 0 Å². The number of anilines is 1. The zero-order chi connectivity index (χ0) is 17.7. The smallest absolute Gasteiger partial charge is 0.313 e. The van der Waals surface area contributed by atoms with Crippen molar-refractivity contribution >= 4 is 28.3 Å². The molecule has 0 spiro atoms. The van der Waals surface area contributed by atoms with E-state index >= 15 is 0 Å². The summed E-state index contributed by atoms with van der Waals surface area (Å²) in [7, 11) is -1.44. The minimum atomic E-state index is -1.44. The van der Waals surface area contributed by atoms with Gasteiger partial charge < -0.3 is 10.2 Å². The number of benzene rings is 1. The van der Waals surface area contributed by atoms with Gasteiger partial charge in [0, 0.05) is 25.0 Å². The van der Waals surface area contributed by atoms with Crippen LogP contribution in [0.5, 0.6) is 0 Å². The molecule has 134 valence electrons. The highest BCUT2D eigenvalue weighted by molar-refractivity contribution is 7.84. The van der Waals surface area contributed by atoms with Gasteiger partial charge in [0.25, 0.3) is 0 Å². The highest BCUT2D eigenvalue weighted by atomic mass is 32.2. The molecule has 5 atom stereocenters. The van der Waals surface area contributed by atoms with Crippen LogP contribution in [0.3, 0.4) is 0 Å². The lowest BCUT2D eigenvalue weighted by molar-refractivity contribution is -0.142. The van der Waals surface area contributed by atoms with E-state index in [1.165, 1.54) is 37.7 Å². The summed E-state index contributed by atoms with van der Waals surface area (Å²) in [5.41, 5.74) is 0.199. The summed E-state index contributed by atoms with van der Waals surface area (Å²) in [6, 6.07) is 3.92. The minimum absolute atomic E-state index is 0.0761. The lowest BCUT2D eigenvalue weighted by atomic mass is 9.82. The normalized spacial score (nSPS) is 31.0. The van der Waals surface area contributed by atoms with E-state index in [1.54, 1.807) is 4.90 Å². The maximum absolute atomic E-state index is 13.9. The predicted octanol–water partition coefficient (Wildman–Crippen LogP) is 2.01. The largest absolute Gasteiger partial charge is 0.334 e. The van der Waals surface area contributed by atoms with Crippen LogP contribution in [0.25, 0.3) is 0 Å². The summed E-state index contributed by atoms with van der Waals surface area (Å²) >= 11 is 0. The van der Waals surface area contributed by atoms with Crippen LogP contribution in [0, 0.1) is 29.5 Å². The predicted molar refractivity (Wildman–Crippen MR) is 91.8 cm³/mol. The monoisotopic (exact) mass is 364 g/mol. The van der Waals surface area contributed by atoms with Gasteiger partial charge in [-0.1, -0.05) is 0 Å². The lowest BCUT2D eigenvalue weighted by Gasteiger charge is -2.22. The molecule has 0 aromatic heterocycles. The Morgan fingerprint density at radius 2 is 1.84 bits per heavy atom. The van der Waals surface area contributed by atoms with Gasteiger partial charge in [0.15, 0.2) is 0 Å². The van der Waals surface area contributed by atoms with E-state index in [2.05, 4.69) is 5.32 Å². The molecule has 2 aliphatic carbocycles. The average molecular weight is 364 g/mol. The summed E-state index contributed by atoms with van der Waals surface area (Å²) in [5, 5.41) is 2.46. The Labute approximate surface area is 148 Å². The van der Waals surface area contributed by atoms with Crippen LogP contribution in [0.1, 0.15) is 19.3 Å². The summed E-state index contributed by atoms with van der Waals surface area (Å²) in [6.07, 6.45) is 5.18. The third kappa shape index (κ3) is 2.88. The van der Waals surface area contributed by atoms with Gasteiger partial charge in [-0.3, -0.25) is 13.8 Å². The second-order valence-electron chi connectivity index (χ2n) is 7.42. The first-order valence-electron chi connectivity index (χ1n) is 8.67. The number of likely N-dealkylation sites (tertiary alicyclic amines) is 1. The van der Waals surface area contributed by atoms with Crippen LogP contribution >= 0.6 is 0 Å². The molecule has 25 heavy (non-hydrogen) atoms. The SMILES string of the molecule is CS(=O)c1ccc(NC(=O)C(=O)N2CC3C4CCC(C4)C3C2)cc1F. The lowest BCUT2D eigenvalue weighted by Crippen LogP contribution is -2.39. The van der Waals surface area contributed by atoms with Crippen LogP contribution in [-0.4, -0.2) is 40.3 Å². The Hall–Kier alpha value is -1.76. The number of rotatable bonds is 2. The van der Waals surface area contributed by atoms with Crippen molar-refractivity contribution in [1.82, 2.24) is 4.90 Å². The molecule has 2 amide bonds. The fraction of sp³-hybridized carbons (Fsp3) is 0.556. The molecule has 2 bridgehead atoms. The van der Waals surface area contributed by atoms with Gasteiger partial charge in [-0.15, -0.1) is 0 Å². The van der Waals surface area contributed by atoms with Crippen molar-refractivity contribution in [2.45, 2.75) is 24.2 Å². The zero-order valence-corrected chi connectivity index (χ0v) is 14.9.